The zero-order valence-electron chi connectivity index (χ0n) is 12.7. The predicted octanol–water partition coefficient (Wildman–Crippen LogP) is 1.65. The summed E-state index contributed by atoms with van der Waals surface area (Å²) in [6.45, 7) is 11.8. The van der Waals surface area contributed by atoms with E-state index in [4.69, 9.17) is 0 Å². The van der Waals surface area contributed by atoms with Crippen molar-refractivity contribution in [3.8, 4) is 0 Å². The molecule has 1 heterocycles. The van der Waals surface area contributed by atoms with E-state index in [1.54, 1.807) is 0 Å². The lowest BCUT2D eigenvalue weighted by atomic mass is 9.97. The van der Waals surface area contributed by atoms with E-state index >= 15 is 0 Å². The lowest BCUT2D eigenvalue weighted by molar-refractivity contribution is -0.143. The van der Waals surface area contributed by atoms with E-state index in [0.29, 0.717) is 12.5 Å². The number of piperidine rings is 1. The average molecular weight is 266 g/mol. The molecule has 4 unspecified atom stereocenters. The first kappa shape index (κ1) is 14.5. The van der Waals surface area contributed by atoms with Crippen molar-refractivity contribution in [3.63, 3.8) is 0 Å². The van der Waals surface area contributed by atoms with Crippen molar-refractivity contribution < 1.29 is 9.59 Å². The molecule has 4 heteroatoms. The van der Waals surface area contributed by atoms with Crippen LogP contribution in [-0.4, -0.2) is 35.8 Å². The molecular weight excluding hydrogens is 240 g/mol. The summed E-state index contributed by atoms with van der Waals surface area (Å²) in [4.78, 5) is 26.1. The molecule has 0 spiro atoms. The van der Waals surface area contributed by atoms with Gasteiger partial charge in [-0.3, -0.25) is 14.5 Å². The fraction of sp³-hybridized carbons (Fsp3) is 0.867. The van der Waals surface area contributed by atoms with Crippen LogP contribution in [0, 0.1) is 23.2 Å². The van der Waals surface area contributed by atoms with Crippen molar-refractivity contribution in [3.05, 3.63) is 0 Å². The van der Waals surface area contributed by atoms with Gasteiger partial charge >= 0.3 is 0 Å². The quantitative estimate of drug-likeness (QED) is 0.744. The Bertz CT molecular complexity index is 368. The van der Waals surface area contributed by atoms with Crippen molar-refractivity contribution in [1.29, 1.82) is 0 Å². The Kier molecular flexibility index (Phi) is 3.74. The molecule has 0 aromatic heterocycles. The number of carbonyl (C=O) groups excluding carboxylic acids is 2. The Hall–Kier alpha value is -0.900. The van der Waals surface area contributed by atoms with Crippen LogP contribution < -0.4 is 5.32 Å². The summed E-state index contributed by atoms with van der Waals surface area (Å²) in [6.07, 6.45) is 1.05. The van der Waals surface area contributed by atoms with Crippen LogP contribution in [0.2, 0.25) is 0 Å². The van der Waals surface area contributed by atoms with E-state index in [-0.39, 0.29) is 35.1 Å². The Labute approximate surface area is 115 Å². The highest BCUT2D eigenvalue weighted by molar-refractivity contribution is 6.10. The molecule has 4 atom stereocenters. The van der Waals surface area contributed by atoms with Crippen LogP contribution in [0.4, 0.5) is 0 Å². The minimum absolute atomic E-state index is 0.0474. The molecule has 1 aliphatic carbocycles. The van der Waals surface area contributed by atoms with Crippen LogP contribution in [0.5, 0.6) is 0 Å². The van der Waals surface area contributed by atoms with Crippen LogP contribution in [0.15, 0.2) is 0 Å². The molecule has 2 amide bonds. The fourth-order valence-electron chi connectivity index (χ4n) is 3.37. The van der Waals surface area contributed by atoms with E-state index in [9.17, 15) is 9.59 Å². The minimum atomic E-state index is -0.102. The molecule has 0 radical (unpaired) electrons. The number of hydrogen-bond donors (Lipinski definition) is 1. The molecule has 0 bridgehead atoms. The second-order valence-corrected chi connectivity index (χ2v) is 6.61. The third-order valence-electron chi connectivity index (χ3n) is 5.07. The van der Waals surface area contributed by atoms with Gasteiger partial charge in [0.2, 0.25) is 11.8 Å². The lowest BCUT2D eigenvalue weighted by Crippen LogP contribution is -2.48. The number of imide groups is 1. The zero-order chi connectivity index (χ0) is 14.4. The maximum atomic E-state index is 12.3. The number of likely N-dealkylation sites (tertiary alicyclic amines) is 1. The summed E-state index contributed by atoms with van der Waals surface area (Å²) < 4.78 is 0. The Morgan fingerprint density at radius 3 is 2.16 bits per heavy atom. The van der Waals surface area contributed by atoms with Crippen molar-refractivity contribution >= 4 is 11.8 Å². The number of hydrogen-bond acceptors (Lipinski definition) is 3. The Morgan fingerprint density at radius 2 is 1.74 bits per heavy atom. The number of nitrogens with zero attached hydrogens (tertiary/aromatic N) is 1. The zero-order valence-corrected chi connectivity index (χ0v) is 12.7. The number of fused-ring (bicyclic) bond motifs is 1. The maximum absolute atomic E-state index is 12.3. The summed E-state index contributed by atoms with van der Waals surface area (Å²) in [5.41, 5.74) is -0.102. The van der Waals surface area contributed by atoms with E-state index in [2.05, 4.69) is 26.1 Å². The topological polar surface area (TPSA) is 49.4 Å². The van der Waals surface area contributed by atoms with Gasteiger partial charge in [0.25, 0.3) is 0 Å². The van der Waals surface area contributed by atoms with Gasteiger partial charge in [0.1, 0.15) is 0 Å². The van der Waals surface area contributed by atoms with Crippen molar-refractivity contribution in [1.82, 2.24) is 10.2 Å². The van der Waals surface area contributed by atoms with E-state index in [1.807, 2.05) is 13.8 Å². The molecule has 2 aliphatic rings. The highest BCUT2D eigenvalue weighted by Gasteiger charge is 2.72. The summed E-state index contributed by atoms with van der Waals surface area (Å²) >= 11 is 0. The second-order valence-electron chi connectivity index (χ2n) is 6.61. The van der Waals surface area contributed by atoms with Crippen LogP contribution in [0.3, 0.4) is 0 Å². The molecule has 0 aromatic carbocycles. The van der Waals surface area contributed by atoms with Gasteiger partial charge in [0, 0.05) is 12.6 Å². The Morgan fingerprint density at radius 1 is 1.21 bits per heavy atom. The van der Waals surface area contributed by atoms with Gasteiger partial charge in [-0.15, -0.1) is 0 Å². The average Bonchev–Trinajstić information content (AvgIpc) is 2.83. The highest BCUT2D eigenvalue weighted by atomic mass is 16.2. The molecule has 1 N–H and O–H groups in total. The summed E-state index contributed by atoms with van der Waals surface area (Å²) in [7, 11) is 0. The molecular formula is C15H26N2O2. The number of amides is 2. The molecule has 2 rings (SSSR count). The smallest absolute Gasteiger partial charge is 0.233 e. The monoisotopic (exact) mass is 266 g/mol. The van der Waals surface area contributed by atoms with Crippen LogP contribution in [0.1, 0.15) is 41.0 Å². The van der Waals surface area contributed by atoms with Gasteiger partial charge in [-0.2, -0.15) is 0 Å². The number of rotatable bonds is 6. The molecule has 19 heavy (non-hydrogen) atoms. The number of carbonyl (C=O) groups is 2. The third-order valence-corrected chi connectivity index (χ3v) is 5.07. The first-order valence-corrected chi connectivity index (χ1v) is 7.44. The number of nitrogens with one attached hydrogen (secondary N) is 1. The first-order chi connectivity index (χ1) is 8.86. The standard InChI is InChI=1S/C15H26N2O2/c1-6-9(3)10(16-7-2)8-17-13(18)11-12(14(17)19)15(11,4)5/h9-12,16H,6-8H2,1-5H3. The molecule has 1 aliphatic heterocycles. The predicted molar refractivity (Wildman–Crippen MR) is 74.4 cm³/mol. The van der Waals surface area contributed by atoms with E-state index < -0.39 is 0 Å². The van der Waals surface area contributed by atoms with Crippen molar-refractivity contribution in [2.45, 2.75) is 47.1 Å². The fourth-order valence-corrected chi connectivity index (χ4v) is 3.37. The summed E-state index contributed by atoms with van der Waals surface area (Å²) in [5.74, 6) is 0.446. The summed E-state index contributed by atoms with van der Waals surface area (Å²) in [5, 5.41) is 3.41. The van der Waals surface area contributed by atoms with Gasteiger partial charge in [-0.25, -0.2) is 0 Å². The first-order valence-electron chi connectivity index (χ1n) is 7.44. The molecule has 4 nitrogen and oxygen atoms in total. The van der Waals surface area contributed by atoms with Gasteiger partial charge in [0.05, 0.1) is 11.8 Å². The van der Waals surface area contributed by atoms with Crippen LogP contribution in [-0.2, 0) is 9.59 Å². The molecule has 2 fully saturated rings. The lowest BCUT2D eigenvalue weighted by Gasteiger charge is -2.29. The largest absolute Gasteiger partial charge is 0.312 e. The van der Waals surface area contributed by atoms with Crippen LogP contribution in [0.25, 0.3) is 0 Å². The molecule has 1 saturated heterocycles. The molecule has 0 aromatic rings. The SMILES string of the molecule is CCNC(CN1C(=O)C2C(C1=O)C2(C)C)C(C)CC. The van der Waals surface area contributed by atoms with E-state index in [0.717, 1.165) is 13.0 Å². The third kappa shape index (κ3) is 2.20. The number of likely N-dealkylation sites (N-methyl/N-ethyl adjacent to an activating group) is 1. The summed E-state index contributed by atoms with van der Waals surface area (Å²) in [6, 6.07) is 0.212. The van der Waals surface area contributed by atoms with Crippen molar-refractivity contribution in [2.24, 2.45) is 23.2 Å². The van der Waals surface area contributed by atoms with Crippen LogP contribution >= 0.6 is 0 Å². The molecule has 108 valence electrons. The minimum Gasteiger partial charge on any atom is -0.312 e. The van der Waals surface area contributed by atoms with Crippen molar-refractivity contribution in [2.75, 3.05) is 13.1 Å². The highest BCUT2D eigenvalue weighted by Crippen LogP contribution is 2.63. The van der Waals surface area contributed by atoms with Gasteiger partial charge in [-0.05, 0) is 17.9 Å². The van der Waals surface area contributed by atoms with E-state index in [1.165, 1.54) is 4.90 Å². The maximum Gasteiger partial charge on any atom is 0.233 e. The van der Waals surface area contributed by atoms with Gasteiger partial charge < -0.3 is 5.32 Å². The normalized spacial score (nSPS) is 31.3. The Balaban J connectivity index is 2.04. The molecule has 1 saturated carbocycles. The van der Waals surface area contributed by atoms with Gasteiger partial charge in [-0.1, -0.05) is 41.0 Å². The van der Waals surface area contributed by atoms with Gasteiger partial charge in [0.15, 0.2) is 0 Å². The second kappa shape index (κ2) is 4.89.